The van der Waals surface area contributed by atoms with Crippen molar-refractivity contribution in [1.82, 2.24) is 19.9 Å². The molecule has 1 atom stereocenters. The summed E-state index contributed by atoms with van der Waals surface area (Å²) in [6.07, 6.45) is 9.62. The molecule has 5 rings (SSSR count). The summed E-state index contributed by atoms with van der Waals surface area (Å²) in [6, 6.07) is 16.6. The van der Waals surface area contributed by atoms with Crippen LogP contribution in [0.3, 0.4) is 0 Å². The third kappa shape index (κ3) is 2.91. The first kappa shape index (κ1) is 15.9. The van der Waals surface area contributed by atoms with Crippen LogP contribution in [0.25, 0.3) is 22.3 Å². The van der Waals surface area contributed by atoms with Gasteiger partial charge in [-0.1, -0.05) is 18.2 Å². The normalized spacial score (nSPS) is 16.7. The lowest BCUT2D eigenvalue weighted by Crippen LogP contribution is -2.24. The fourth-order valence-corrected chi connectivity index (χ4v) is 3.84. The van der Waals surface area contributed by atoms with Gasteiger partial charge in [-0.05, 0) is 48.7 Å². The number of hydrogen-bond acceptors (Lipinski definition) is 5. The highest BCUT2D eigenvalue weighted by molar-refractivity contribution is 5.91. The lowest BCUT2D eigenvalue weighted by atomic mass is 10.1. The van der Waals surface area contributed by atoms with E-state index in [0.717, 1.165) is 41.7 Å². The van der Waals surface area contributed by atoms with Gasteiger partial charge in [-0.15, -0.1) is 0 Å². The maximum atomic E-state index is 4.98. The molecule has 5 heteroatoms. The van der Waals surface area contributed by atoms with Crippen LogP contribution in [0.4, 0.5) is 5.82 Å². The van der Waals surface area contributed by atoms with Crippen molar-refractivity contribution in [3.8, 4) is 11.4 Å². The fraction of sp³-hybridized carbons (Fsp3) is 0.182. The largest absolute Gasteiger partial charge is 0.349 e. The summed E-state index contributed by atoms with van der Waals surface area (Å²) in [7, 11) is 0. The minimum atomic E-state index is 0.291. The third-order valence-corrected chi connectivity index (χ3v) is 5.10. The van der Waals surface area contributed by atoms with E-state index in [1.807, 2.05) is 48.9 Å². The van der Waals surface area contributed by atoms with Crippen molar-refractivity contribution in [3.05, 3.63) is 78.9 Å². The number of nitrogens with zero attached hydrogens (tertiary/aromatic N) is 5. The first-order valence-corrected chi connectivity index (χ1v) is 9.24. The Morgan fingerprint density at radius 2 is 1.70 bits per heavy atom. The van der Waals surface area contributed by atoms with Gasteiger partial charge in [0.1, 0.15) is 5.82 Å². The van der Waals surface area contributed by atoms with Gasteiger partial charge in [-0.2, -0.15) is 0 Å². The van der Waals surface area contributed by atoms with Gasteiger partial charge in [0, 0.05) is 42.3 Å². The van der Waals surface area contributed by atoms with Crippen LogP contribution in [0.1, 0.15) is 24.4 Å². The molecule has 4 heterocycles. The number of rotatable bonds is 3. The highest BCUT2D eigenvalue weighted by Gasteiger charge is 2.29. The molecule has 132 valence electrons. The van der Waals surface area contributed by atoms with Crippen molar-refractivity contribution < 1.29 is 0 Å². The Kier molecular flexibility index (Phi) is 3.98. The molecule has 0 amide bonds. The van der Waals surface area contributed by atoms with Crippen molar-refractivity contribution in [2.75, 3.05) is 11.4 Å². The van der Waals surface area contributed by atoms with E-state index < -0.39 is 0 Å². The van der Waals surface area contributed by atoms with Gasteiger partial charge in [0.05, 0.1) is 11.6 Å². The Hall–Kier alpha value is -3.34. The number of benzene rings is 1. The van der Waals surface area contributed by atoms with E-state index in [9.17, 15) is 0 Å². The first-order valence-electron chi connectivity index (χ1n) is 9.24. The molecule has 5 nitrogen and oxygen atoms in total. The van der Waals surface area contributed by atoms with E-state index in [4.69, 9.17) is 9.97 Å². The number of anilines is 1. The Labute approximate surface area is 157 Å². The molecule has 0 radical (unpaired) electrons. The molecule has 3 aromatic heterocycles. The minimum Gasteiger partial charge on any atom is -0.349 e. The van der Waals surface area contributed by atoms with E-state index in [-0.39, 0.29) is 0 Å². The molecule has 0 spiro atoms. The maximum absolute atomic E-state index is 4.98. The molecule has 1 saturated heterocycles. The summed E-state index contributed by atoms with van der Waals surface area (Å²) in [5.74, 6) is 1.71. The maximum Gasteiger partial charge on any atom is 0.163 e. The van der Waals surface area contributed by atoms with Crippen LogP contribution >= 0.6 is 0 Å². The Morgan fingerprint density at radius 1 is 0.852 bits per heavy atom. The molecule has 1 aliphatic rings. The topological polar surface area (TPSA) is 54.8 Å². The van der Waals surface area contributed by atoms with Crippen LogP contribution in [0.15, 0.2) is 73.3 Å². The van der Waals surface area contributed by atoms with Crippen LogP contribution in [0.5, 0.6) is 0 Å². The average molecular weight is 353 g/mol. The van der Waals surface area contributed by atoms with Crippen molar-refractivity contribution in [2.24, 2.45) is 0 Å². The summed E-state index contributed by atoms with van der Waals surface area (Å²) in [4.78, 5) is 20.7. The summed E-state index contributed by atoms with van der Waals surface area (Å²) in [6.45, 7) is 0.979. The Bertz CT molecular complexity index is 1070. The van der Waals surface area contributed by atoms with Crippen molar-refractivity contribution in [1.29, 1.82) is 0 Å². The van der Waals surface area contributed by atoms with Gasteiger partial charge in [0.2, 0.25) is 0 Å². The number of aromatic nitrogens is 4. The van der Waals surface area contributed by atoms with Crippen LogP contribution < -0.4 is 4.90 Å². The molecule has 1 aromatic carbocycles. The van der Waals surface area contributed by atoms with E-state index in [2.05, 4.69) is 33.1 Å². The summed E-state index contributed by atoms with van der Waals surface area (Å²) < 4.78 is 0. The predicted octanol–water partition coefficient (Wildman–Crippen LogP) is 4.43. The van der Waals surface area contributed by atoms with E-state index in [1.54, 1.807) is 6.20 Å². The van der Waals surface area contributed by atoms with Gasteiger partial charge in [-0.25, -0.2) is 9.97 Å². The van der Waals surface area contributed by atoms with Crippen LogP contribution in [-0.2, 0) is 0 Å². The smallest absolute Gasteiger partial charge is 0.163 e. The lowest BCUT2D eigenvalue weighted by molar-refractivity contribution is 0.710. The molecule has 1 unspecified atom stereocenters. The third-order valence-electron chi connectivity index (χ3n) is 5.10. The molecule has 4 aromatic rings. The second-order valence-electron chi connectivity index (χ2n) is 6.77. The lowest BCUT2D eigenvalue weighted by Gasteiger charge is -2.27. The first-order chi connectivity index (χ1) is 13.4. The van der Waals surface area contributed by atoms with Gasteiger partial charge >= 0.3 is 0 Å². The van der Waals surface area contributed by atoms with Gasteiger partial charge < -0.3 is 4.90 Å². The zero-order valence-electron chi connectivity index (χ0n) is 14.9. The van der Waals surface area contributed by atoms with Gasteiger partial charge in [-0.3, -0.25) is 9.97 Å². The summed E-state index contributed by atoms with van der Waals surface area (Å²) in [5, 5.41) is 1.08. The van der Waals surface area contributed by atoms with Crippen molar-refractivity contribution in [3.63, 3.8) is 0 Å². The SMILES string of the molecule is c1cncc(-c2nc(N3CCCC3c3cccnc3)c3ccccc3n2)c1. The molecule has 0 N–H and O–H groups in total. The van der Waals surface area contributed by atoms with Crippen LogP contribution in [0.2, 0.25) is 0 Å². The average Bonchev–Trinajstić information content (AvgIpc) is 3.24. The highest BCUT2D eigenvalue weighted by Crippen LogP contribution is 2.38. The molecule has 1 aliphatic heterocycles. The monoisotopic (exact) mass is 353 g/mol. The molecular weight excluding hydrogens is 334 g/mol. The Morgan fingerprint density at radius 3 is 2.52 bits per heavy atom. The van der Waals surface area contributed by atoms with Crippen LogP contribution in [-0.4, -0.2) is 26.5 Å². The summed E-state index contributed by atoms with van der Waals surface area (Å²) >= 11 is 0. The standard InChI is InChI=1S/C22H19N5/c1-2-9-19-18(8-1)22(26-21(25-19)17-7-4-12-24-15-17)27-13-5-10-20(27)16-6-3-11-23-14-16/h1-4,6-9,11-12,14-15,20H,5,10,13H2. The Balaban J connectivity index is 1.67. The molecule has 0 saturated carbocycles. The quantitative estimate of drug-likeness (QED) is 0.545. The number of pyridine rings is 2. The predicted molar refractivity (Wildman–Crippen MR) is 106 cm³/mol. The molecule has 0 aliphatic carbocycles. The number of hydrogen-bond donors (Lipinski definition) is 0. The molecule has 27 heavy (non-hydrogen) atoms. The minimum absolute atomic E-state index is 0.291. The van der Waals surface area contributed by atoms with Crippen molar-refractivity contribution in [2.45, 2.75) is 18.9 Å². The second-order valence-corrected chi connectivity index (χ2v) is 6.77. The van der Waals surface area contributed by atoms with E-state index >= 15 is 0 Å². The molecule has 0 bridgehead atoms. The molecular formula is C22H19N5. The van der Waals surface area contributed by atoms with Gasteiger partial charge in [0.25, 0.3) is 0 Å². The number of para-hydroxylation sites is 1. The zero-order chi connectivity index (χ0) is 18.1. The van der Waals surface area contributed by atoms with Crippen molar-refractivity contribution >= 4 is 16.7 Å². The number of fused-ring (bicyclic) bond motifs is 1. The zero-order valence-corrected chi connectivity index (χ0v) is 14.9. The fourth-order valence-electron chi connectivity index (χ4n) is 3.84. The van der Waals surface area contributed by atoms with E-state index in [1.165, 1.54) is 5.56 Å². The van der Waals surface area contributed by atoms with Gasteiger partial charge in [0.15, 0.2) is 5.82 Å². The highest BCUT2D eigenvalue weighted by atomic mass is 15.2. The van der Waals surface area contributed by atoms with Crippen LogP contribution in [0, 0.1) is 0 Å². The summed E-state index contributed by atoms with van der Waals surface area (Å²) in [5.41, 5.74) is 3.13. The van der Waals surface area contributed by atoms with E-state index in [0.29, 0.717) is 11.9 Å². The second kappa shape index (κ2) is 6.76. The molecule has 1 fully saturated rings.